The molecule has 0 saturated heterocycles. The summed E-state index contributed by atoms with van der Waals surface area (Å²) < 4.78 is 5.27. The van der Waals surface area contributed by atoms with Crippen molar-refractivity contribution in [3.63, 3.8) is 0 Å². The van der Waals surface area contributed by atoms with Crippen molar-refractivity contribution < 1.29 is 19.4 Å². The van der Waals surface area contributed by atoms with Crippen LogP contribution < -0.4 is 4.74 Å². The van der Waals surface area contributed by atoms with Crippen molar-refractivity contribution in [1.29, 1.82) is 0 Å². The van der Waals surface area contributed by atoms with Crippen molar-refractivity contribution in [1.82, 2.24) is 4.90 Å². The Morgan fingerprint density at radius 1 is 1.38 bits per heavy atom. The zero-order valence-electron chi connectivity index (χ0n) is 13.0. The summed E-state index contributed by atoms with van der Waals surface area (Å²) in [6.45, 7) is 6.05. The summed E-state index contributed by atoms with van der Waals surface area (Å²) >= 11 is 0. The van der Waals surface area contributed by atoms with E-state index in [1.165, 1.54) is 0 Å². The molecule has 21 heavy (non-hydrogen) atoms. The number of carbonyl (C=O) groups excluding carboxylic acids is 1. The number of nitrogens with zero attached hydrogens (tertiary/aromatic N) is 1. The van der Waals surface area contributed by atoms with E-state index in [2.05, 4.69) is 0 Å². The maximum atomic E-state index is 12.4. The van der Waals surface area contributed by atoms with Gasteiger partial charge < -0.3 is 14.7 Å². The van der Waals surface area contributed by atoms with Crippen molar-refractivity contribution in [3.8, 4) is 5.75 Å². The summed E-state index contributed by atoms with van der Waals surface area (Å²) in [5, 5.41) is 8.86. The molecule has 0 aromatic heterocycles. The summed E-state index contributed by atoms with van der Waals surface area (Å²) in [4.78, 5) is 24.8. The molecule has 0 saturated carbocycles. The lowest BCUT2D eigenvalue weighted by Gasteiger charge is -2.27. The number of ether oxygens (including phenoxy) is 1. The van der Waals surface area contributed by atoms with Crippen LogP contribution >= 0.6 is 0 Å². The van der Waals surface area contributed by atoms with Crippen molar-refractivity contribution in [2.45, 2.75) is 39.7 Å². The number of hydrogen-bond acceptors (Lipinski definition) is 3. The highest BCUT2D eigenvalue weighted by atomic mass is 16.5. The van der Waals surface area contributed by atoms with E-state index in [1.54, 1.807) is 18.9 Å². The van der Waals surface area contributed by atoms with Gasteiger partial charge in [-0.25, -0.2) is 0 Å². The Kier molecular flexibility index (Phi) is 6.21. The van der Waals surface area contributed by atoms with Crippen molar-refractivity contribution in [2.24, 2.45) is 0 Å². The zero-order chi connectivity index (χ0) is 16.0. The van der Waals surface area contributed by atoms with E-state index in [4.69, 9.17) is 9.84 Å². The van der Waals surface area contributed by atoms with E-state index in [-0.39, 0.29) is 24.8 Å². The number of carbonyl (C=O) groups is 2. The first-order valence-corrected chi connectivity index (χ1v) is 7.03. The van der Waals surface area contributed by atoms with E-state index in [0.29, 0.717) is 12.3 Å². The quantitative estimate of drug-likeness (QED) is 0.837. The lowest BCUT2D eigenvalue weighted by Crippen LogP contribution is -2.40. The zero-order valence-corrected chi connectivity index (χ0v) is 13.0. The standard InChI is InChI=1S/C16H23NO4/c1-5-17(12(3)9-16(19)20)15(18)10-13-8-11(2)6-7-14(13)21-4/h6-8,12H,5,9-10H2,1-4H3,(H,19,20). The third-order valence-electron chi connectivity index (χ3n) is 3.44. The molecule has 0 aliphatic heterocycles. The van der Waals surface area contributed by atoms with Gasteiger partial charge in [-0.3, -0.25) is 9.59 Å². The van der Waals surface area contributed by atoms with Crippen LogP contribution in [-0.4, -0.2) is 41.6 Å². The average Bonchev–Trinajstić information content (AvgIpc) is 2.38. The third-order valence-corrected chi connectivity index (χ3v) is 3.44. The molecular formula is C16H23NO4. The summed E-state index contributed by atoms with van der Waals surface area (Å²) in [6.07, 6.45) is 0.160. The number of aryl methyl sites for hydroxylation is 1. The normalized spacial score (nSPS) is 11.8. The van der Waals surface area contributed by atoms with Crippen LogP contribution in [0.25, 0.3) is 0 Å². The first-order chi connectivity index (χ1) is 9.88. The molecule has 0 radical (unpaired) electrons. The van der Waals surface area contributed by atoms with Crippen molar-refractivity contribution in [2.75, 3.05) is 13.7 Å². The van der Waals surface area contributed by atoms with Gasteiger partial charge in [-0.05, 0) is 26.8 Å². The first kappa shape index (κ1) is 17.0. The molecule has 5 heteroatoms. The Morgan fingerprint density at radius 3 is 2.57 bits per heavy atom. The van der Waals surface area contributed by atoms with Gasteiger partial charge in [0.1, 0.15) is 5.75 Å². The average molecular weight is 293 g/mol. The predicted molar refractivity (Wildman–Crippen MR) is 80.5 cm³/mol. The van der Waals surface area contributed by atoms with Gasteiger partial charge in [0.2, 0.25) is 5.91 Å². The predicted octanol–water partition coefficient (Wildman–Crippen LogP) is 2.26. The molecule has 0 aliphatic carbocycles. The maximum absolute atomic E-state index is 12.4. The minimum absolute atomic E-state index is 0.0511. The molecular weight excluding hydrogens is 270 g/mol. The van der Waals surface area contributed by atoms with Gasteiger partial charge in [-0.1, -0.05) is 17.7 Å². The lowest BCUT2D eigenvalue weighted by molar-refractivity contribution is -0.140. The van der Waals surface area contributed by atoms with Crippen LogP contribution in [0.3, 0.4) is 0 Å². The Bertz CT molecular complexity index is 513. The fourth-order valence-electron chi connectivity index (χ4n) is 2.41. The Morgan fingerprint density at radius 2 is 2.05 bits per heavy atom. The topological polar surface area (TPSA) is 66.8 Å². The molecule has 1 atom stereocenters. The number of amides is 1. The molecule has 1 aromatic rings. The summed E-state index contributed by atoms with van der Waals surface area (Å²) in [5.74, 6) is -0.312. The van der Waals surface area contributed by atoms with E-state index < -0.39 is 5.97 Å². The van der Waals surface area contributed by atoms with Crippen LogP contribution in [0.15, 0.2) is 18.2 Å². The van der Waals surface area contributed by atoms with Gasteiger partial charge in [-0.2, -0.15) is 0 Å². The largest absolute Gasteiger partial charge is 0.496 e. The Balaban J connectivity index is 2.87. The molecule has 1 amide bonds. The van der Waals surface area contributed by atoms with Gasteiger partial charge in [0.15, 0.2) is 0 Å². The highest BCUT2D eigenvalue weighted by molar-refractivity contribution is 5.80. The molecule has 5 nitrogen and oxygen atoms in total. The van der Waals surface area contributed by atoms with Crippen LogP contribution in [-0.2, 0) is 16.0 Å². The second kappa shape index (κ2) is 7.67. The van der Waals surface area contributed by atoms with Gasteiger partial charge in [-0.15, -0.1) is 0 Å². The summed E-state index contributed by atoms with van der Waals surface area (Å²) in [7, 11) is 1.57. The van der Waals surface area contributed by atoms with Crippen LogP contribution in [0.1, 0.15) is 31.4 Å². The van der Waals surface area contributed by atoms with Crippen LogP contribution in [0.4, 0.5) is 0 Å². The van der Waals surface area contributed by atoms with Gasteiger partial charge in [0.25, 0.3) is 0 Å². The Labute approximate surface area is 125 Å². The molecule has 1 aromatic carbocycles. The molecule has 116 valence electrons. The fourth-order valence-corrected chi connectivity index (χ4v) is 2.41. The number of aliphatic carboxylic acids is 1. The molecule has 1 unspecified atom stereocenters. The van der Waals surface area contributed by atoms with Crippen molar-refractivity contribution in [3.05, 3.63) is 29.3 Å². The third kappa shape index (κ3) is 4.77. The lowest BCUT2D eigenvalue weighted by atomic mass is 10.1. The monoisotopic (exact) mass is 293 g/mol. The van der Waals surface area contributed by atoms with E-state index >= 15 is 0 Å². The number of carboxylic acids is 1. The van der Waals surface area contributed by atoms with Gasteiger partial charge in [0.05, 0.1) is 20.0 Å². The van der Waals surface area contributed by atoms with Crippen LogP contribution in [0.5, 0.6) is 5.75 Å². The Hall–Kier alpha value is -2.04. The van der Waals surface area contributed by atoms with Gasteiger partial charge in [0, 0.05) is 18.2 Å². The molecule has 1 N–H and O–H groups in total. The highest BCUT2D eigenvalue weighted by Crippen LogP contribution is 2.21. The smallest absolute Gasteiger partial charge is 0.305 e. The number of likely N-dealkylation sites (N-methyl/N-ethyl adjacent to an activating group) is 1. The van der Waals surface area contributed by atoms with E-state index in [1.807, 2.05) is 32.0 Å². The number of methoxy groups -OCH3 is 1. The van der Waals surface area contributed by atoms with Crippen LogP contribution in [0, 0.1) is 6.92 Å². The number of rotatable bonds is 7. The highest BCUT2D eigenvalue weighted by Gasteiger charge is 2.21. The number of benzene rings is 1. The number of hydrogen-bond donors (Lipinski definition) is 1. The first-order valence-electron chi connectivity index (χ1n) is 7.03. The molecule has 1 rings (SSSR count). The summed E-state index contributed by atoms with van der Waals surface area (Å²) in [5.41, 5.74) is 1.88. The second-order valence-corrected chi connectivity index (χ2v) is 5.12. The van der Waals surface area contributed by atoms with Crippen molar-refractivity contribution >= 4 is 11.9 Å². The SMILES string of the molecule is CCN(C(=O)Cc1cc(C)ccc1OC)C(C)CC(=O)O. The molecule has 0 heterocycles. The maximum Gasteiger partial charge on any atom is 0.305 e. The minimum atomic E-state index is -0.901. The van der Waals surface area contributed by atoms with E-state index in [0.717, 1.165) is 11.1 Å². The number of carboxylic acid groups (broad SMARTS) is 1. The van der Waals surface area contributed by atoms with E-state index in [9.17, 15) is 9.59 Å². The second-order valence-electron chi connectivity index (χ2n) is 5.12. The fraction of sp³-hybridized carbons (Fsp3) is 0.500. The molecule has 0 aliphatic rings. The van der Waals surface area contributed by atoms with Crippen LogP contribution in [0.2, 0.25) is 0 Å². The molecule has 0 bridgehead atoms. The molecule has 0 spiro atoms. The molecule has 0 fully saturated rings. The minimum Gasteiger partial charge on any atom is -0.496 e. The van der Waals surface area contributed by atoms with Gasteiger partial charge >= 0.3 is 5.97 Å². The summed E-state index contributed by atoms with van der Waals surface area (Å²) in [6, 6.07) is 5.37.